The lowest BCUT2D eigenvalue weighted by Crippen LogP contribution is -2.24. The van der Waals surface area contributed by atoms with Crippen LogP contribution in [0.2, 0.25) is 0 Å². The van der Waals surface area contributed by atoms with E-state index < -0.39 is 0 Å². The molecule has 0 aliphatic carbocycles. The molecule has 126 valence electrons. The average molecular weight is 327 g/mol. The van der Waals surface area contributed by atoms with Crippen LogP contribution in [0.1, 0.15) is 42.5 Å². The Bertz CT molecular complexity index is 930. The van der Waals surface area contributed by atoms with Crippen LogP contribution in [0.3, 0.4) is 0 Å². The van der Waals surface area contributed by atoms with E-state index in [0.29, 0.717) is 22.4 Å². The first-order valence-corrected chi connectivity index (χ1v) is 7.65. The van der Waals surface area contributed by atoms with Gasteiger partial charge in [-0.05, 0) is 34.6 Å². The second-order valence-electron chi connectivity index (χ2n) is 6.80. The molecular weight excluding hydrogens is 306 g/mol. The molecule has 0 aliphatic rings. The minimum absolute atomic E-state index is 0.258. The number of hydrogen-bond donors (Lipinski definition) is 3. The summed E-state index contributed by atoms with van der Waals surface area (Å²) >= 11 is 0. The maximum absolute atomic E-state index is 12.9. The zero-order valence-corrected chi connectivity index (χ0v) is 14.4. The van der Waals surface area contributed by atoms with Crippen LogP contribution in [-0.2, 0) is 5.54 Å². The topological polar surface area (TPSA) is 115 Å². The lowest BCUT2D eigenvalue weighted by atomic mass is 10.1. The summed E-state index contributed by atoms with van der Waals surface area (Å²) in [5, 5.41) is 10.2. The highest BCUT2D eigenvalue weighted by molar-refractivity contribution is 6.15. The van der Waals surface area contributed by atoms with Gasteiger partial charge in [0.25, 0.3) is 5.91 Å². The number of amides is 1. The Morgan fingerprint density at radius 1 is 1.29 bits per heavy atom. The Labute approximate surface area is 139 Å². The second kappa shape index (κ2) is 5.33. The standard InChI is InChI=1S/C16H21N7O/c1-8-6-10(22-21-8)20-15(24)11-9(2)23(16(3,4)5)14-12(11)13(17)18-7-19-14/h6-7H,1-5H3,(H2,17,18,19)(H2,20,21,22,24). The van der Waals surface area contributed by atoms with E-state index in [9.17, 15) is 4.79 Å². The van der Waals surface area contributed by atoms with Crippen LogP contribution in [-0.4, -0.2) is 30.6 Å². The maximum atomic E-state index is 12.9. The monoisotopic (exact) mass is 327 g/mol. The van der Waals surface area contributed by atoms with Crippen LogP contribution in [0, 0.1) is 13.8 Å². The minimum Gasteiger partial charge on any atom is -0.383 e. The lowest BCUT2D eigenvalue weighted by molar-refractivity contribution is 0.102. The molecular formula is C16H21N7O. The van der Waals surface area contributed by atoms with Gasteiger partial charge in [-0.3, -0.25) is 9.89 Å². The number of aromatic nitrogens is 5. The molecule has 3 aromatic rings. The molecule has 8 nitrogen and oxygen atoms in total. The number of aryl methyl sites for hydroxylation is 1. The minimum atomic E-state index is -0.273. The van der Waals surface area contributed by atoms with Gasteiger partial charge in [-0.1, -0.05) is 0 Å². The number of anilines is 2. The molecule has 0 saturated heterocycles. The molecule has 0 spiro atoms. The normalized spacial score (nSPS) is 11.9. The quantitative estimate of drug-likeness (QED) is 0.668. The number of hydrogen-bond acceptors (Lipinski definition) is 5. The first-order chi connectivity index (χ1) is 11.2. The molecule has 4 N–H and O–H groups in total. The summed E-state index contributed by atoms with van der Waals surface area (Å²) in [5.41, 5.74) is 8.51. The molecule has 0 aliphatic heterocycles. The van der Waals surface area contributed by atoms with Crippen molar-refractivity contribution in [3.05, 3.63) is 29.3 Å². The summed E-state index contributed by atoms with van der Waals surface area (Å²) in [6.07, 6.45) is 1.42. The van der Waals surface area contributed by atoms with Crippen LogP contribution < -0.4 is 11.1 Å². The fourth-order valence-electron chi connectivity index (χ4n) is 3.02. The largest absolute Gasteiger partial charge is 0.383 e. The Morgan fingerprint density at radius 3 is 2.58 bits per heavy atom. The number of rotatable bonds is 2. The van der Waals surface area contributed by atoms with Gasteiger partial charge in [-0.25, -0.2) is 9.97 Å². The Kier molecular flexibility index (Phi) is 3.55. The van der Waals surface area contributed by atoms with Crippen molar-refractivity contribution < 1.29 is 4.79 Å². The molecule has 0 radical (unpaired) electrons. The van der Waals surface area contributed by atoms with Gasteiger partial charge in [0.05, 0.1) is 16.6 Å². The van der Waals surface area contributed by atoms with Gasteiger partial charge in [0.1, 0.15) is 23.6 Å². The maximum Gasteiger partial charge on any atom is 0.259 e. The van der Waals surface area contributed by atoms with Gasteiger partial charge in [0.15, 0.2) is 0 Å². The molecule has 0 saturated carbocycles. The van der Waals surface area contributed by atoms with Gasteiger partial charge < -0.3 is 15.6 Å². The van der Waals surface area contributed by atoms with Crippen LogP contribution in [0.25, 0.3) is 11.0 Å². The molecule has 3 rings (SSSR count). The number of nitrogens with zero attached hydrogens (tertiary/aromatic N) is 4. The summed E-state index contributed by atoms with van der Waals surface area (Å²) in [7, 11) is 0. The van der Waals surface area contributed by atoms with E-state index in [-0.39, 0.29) is 17.3 Å². The third-order valence-electron chi connectivity index (χ3n) is 3.87. The van der Waals surface area contributed by atoms with Crippen molar-refractivity contribution in [1.82, 2.24) is 24.7 Å². The predicted octanol–water partition coefficient (Wildman–Crippen LogP) is 2.36. The summed E-state index contributed by atoms with van der Waals surface area (Å²) in [6.45, 7) is 9.89. The Morgan fingerprint density at radius 2 is 2.00 bits per heavy atom. The highest BCUT2D eigenvalue weighted by atomic mass is 16.1. The molecule has 1 amide bonds. The molecule has 0 atom stereocenters. The van der Waals surface area contributed by atoms with E-state index >= 15 is 0 Å². The van der Waals surface area contributed by atoms with Gasteiger partial charge in [0, 0.05) is 17.3 Å². The summed E-state index contributed by atoms with van der Waals surface area (Å²) in [4.78, 5) is 21.3. The van der Waals surface area contributed by atoms with Crippen molar-refractivity contribution in [2.45, 2.75) is 40.2 Å². The first-order valence-electron chi connectivity index (χ1n) is 7.65. The van der Waals surface area contributed by atoms with Crippen molar-refractivity contribution in [2.24, 2.45) is 0 Å². The molecule has 3 heterocycles. The van der Waals surface area contributed by atoms with Crippen LogP contribution in [0.4, 0.5) is 11.6 Å². The van der Waals surface area contributed by atoms with Crippen molar-refractivity contribution in [3.8, 4) is 0 Å². The lowest BCUT2D eigenvalue weighted by Gasteiger charge is -2.24. The SMILES string of the molecule is Cc1cc(NC(=O)c2c(C)n(C(C)(C)C)c3ncnc(N)c23)[nH]n1. The predicted molar refractivity (Wildman–Crippen MR) is 93.0 cm³/mol. The molecule has 0 unspecified atom stereocenters. The van der Waals surface area contributed by atoms with E-state index in [4.69, 9.17) is 5.73 Å². The third kappa shape index (κ3) is 2.49. The molecule has 0 aromatic carbocycles. The van der Waals surface area contributed by atoms with E-state index in [1.165, 1.54) is 6.33 Å². The highest BCUT2D eigenvalue weighted by Crippen LogP contribution is 2.33. The van der Waals surface area contributed by atoms with Crippen molar-refractivity contribution >= 4 is 28.6 Å². The summed E-state index contributed by atoms with van der Waals surface area (Å²) in [6, 6.07) is 1.76. The number of carbonyl (C=O) groups is 1. The number of nitrogens with two attached hydrogens (primary N) is 1. The van der Waals surface area contributed by atoms with Crippen molar-refractivity contribution in [3.63, 3.8) is 0 Å². The number of nitrogen functional groups attached to an aromatic ring is 1. The van der Waals surface area contributed by atoms with Crippen molar-refractivity contribution in [1.29, 1.82) is 0 Å². The molecule has 24 heavy (non-hydrogen) atoms. The highest BCUT2D eigenvalue weighted by Gasteiger charge is 2.28. The smallest absolute Gasteiger partial charge is 0.259 e. The molecule has 0 fully saturated rings. The summed E-state index contributed by atoms with van der Waals surface area (Å²) < 4.78 is 2.01. The molecule has 8 heteroatoms. The van der Waals surface area contributed by atoms with Crippen LogP contribution >= 0.6 is 0 Å². The Hall–Kier alpha value is -2.90. The van der Waals surface area contributed by atoms with E-state index in [2.05, 4.69) is 46.3 Å². The van der Waals surface area contributed by atoms with Gasteiger partial charge >= 0.3 is 0 Å². The molecule has 3 aromatic heterocycles. The summed E-state index contributed by atoms with van der Waals surface area (Å²) in [5.74, 6) is 0.548. The number of aromatic amines is 1. The third-order valence-corrected chi connectivity index (χ3v) is 3.87. The van der Waals surface area contributed by atoms with E-state index in [1.807, 2.05) is 18.4 Å². The van der Waals surface area contributed by atoms with Gasteiger partial charge in [0.2, 0.25) is 0 Å². The number of carbonyl (C=O) groups excluding carboxylic acids is 1. The van der Waals surface area contributed by atoms with E-state index in [1.54, 1.807) is 6.07 Å². The number of nitrogens with one attached hydrogen (secondary N) is 2. The molecule has 0 bridgehead atoms. The number of fused-ring (bicyclic) bond motifs is 1. The average Bonchev–Trinajstić information content (AvgIpc) is 2.99. The van der Waals surface area contributed by atoms with Crippen LogP contribution in [0.15, 0.2) is 12.4 Å². The number of H-pyrrole nitrogens is 1. The zero-order valence-electron chi connectivity index (χ0n) is 14.4. The zero-order chi connectivity index (χ0) is 17.6. The van der Waals surface area contributed by atoms with Gasteiger partial charge in [-0.2, -0.15) is 5.10 Å². The fraction of sp³-hybridized carbons (Fsp3) is 0.375. The fourth-order valence-corrected chi connectivity index (χ4v) is 3.02. The van der Waals surface area contributed by atoms with Crippen molar-refractivity contribution in [2.75, 3.05) is 11.1 Å². The van der Waals surface area contributed by atoms with E-state index in [0.717, 1.165) is 11.4 Å². The van der Waals surface area contributed by atoms with Crippen LogP contribution in [0.5, 0.6) is 0 Å². The second-order valence-corrected chi connectivity index (χ2v) is 6.80. The Balaban J connectivity index is 2.20. The van der Waals surface area contributed by atoms with Gasteiger partial charge in [-0.15, -0.1) is 0 Å². The first kappa shape index (κ1) is 16.0.